The molecule has 0 spiro atoms. The van der Waals surface area contributed by atoms with E-state index in [1.165, 1.54) is 0 Å². The second-order valence-corrected chi connectivity index (χ2v) is 10.2. The molecule has 6 rings (SSSR count). The lowest BCUT2D eigenvalue weighted by Gasteiger charge is -2.53. The van der Waals surface area contributed by atoms with Crippen molar-refractivity contribution in [2.24, 2.45) is 11.8 Å². The molecule has 35 heavy (non-hydrogen) atoms. The van der Waals surface area contributed by atoms with Crippen molar-refractivity contribution < 1.29 is 14.3 Å². The van der Waals surface area contributed by atoms with Crippen LogP contribution >= 0.6 is 0 Å². The molecule has 1 amide bonds. The molecule has 3 aromatic heterocycles. The van der Waals surface area contributed by atoms with Gasteiger partial charge in [-0.05, 0) is 64.2 Å². The maximum Gasteiger partial charge on any atom is 0.407 e. The largest absolute Gasteiger partial charge is 0.492 e. The Bertz CT molecular complexity index is 1280. The van der Waals surface area contributed by atoms with Gasteiger partial charge in [0.1, 0.15) is 23.2 Å². The number of nitrogens with one attached hydrogen (secondary N) is 1. The molecule has 3 aliphatic rings. The van der Waals surface area contributed by atoms with E-state index in [2.05, 4.69) is 21.4 Å². The number of nitriles is 1. The van der Waals surface area contributed by atoms with Crippen LogP contribution in [0.1, 0.15) is 39.7 Å². The van der Waals surface area contributed by atoms with Gasteiger partial charge in [-0.15, -0.1) is 0 Å². The maximum atomic E-state index is 12.2. The summed E-state index contributed by atoms with van der Waals surface area (Å²) in [4.78, 5) is 19.2. The Morgan fingerprint density at radius 2 is 2.03 bits per heavy atom. The van der Waals surface area contributed by atoms with Crippen LogP contribution in [0.2, 0.25) is 0 Å². The van der Waals surface area contributed by atoms with Gasteiger partial charge in [0.25, 0.3) is 0 Å². The number of carbonyl (C=O) groups is 1. The summed E-state index contributed by atoms with van der Waals surface area (Å²) in [5.74, 6) is 2.36. The third-order valence-electron chi connectivity index (χ3n) is 6.62. The molecular weight excluding hydrogens is 444 g/mol. The Hall–Kier alpha value is -3.80. The van der Waals surface area contributed by atoms with Crippen LogP contribution in [0, 0.1) is 23.2 Å². The third kappa shape index (κ3) is 4.48. The number of hydrogen-bond donors (Lipinski definition) is 1. The predicted molar refractivity (Wildman–Crippen MR) is 131 cm³/mol. The van der Waals surface area contributed by atoms with Crippen LogP contribution in [-0.2, 0) is 4.74 Å². The molecule has 0 radical (unpaired) electrons. The van der Waals surface area contributed by atoms with Crippen molar-refractivity contribution in [3.63, 3.8) is 0 Å². The zero-order valence-corrected chi connectivity index (χ0v) is 20.5. The van der Waals surface area contributed by atoms with Gasteiger partial charge in [-0.2, -0.15) is 10.4 Å². The molecular formula is C26H30N6O3. The standard InChI is InChI=1S/C26H30N6O3/c1-5-34-20-9-21(24-19(10-27)12-29-32(24)15-20)16-6-7-22(28-11-16)31-13-17-8-18(14-31)23(17)30-25(33)35-26(2,3)4/h6-7,9,11-12,15,17-18,23H,5,8,13-14H2,1-4H3,(H,30,33). The summed E-state index contributed by atoms with van der Waals surface area (Å²) in [7, 11) is 0. The number of aromatic nitrogens is 3. The first-order valence-electron chi connectivity index (χ1n) is 12.0. The number of alkyl carbamates (subject to hydrolysis) is 1. The predicted octanol–water partition coefficient (Wildman–Crippen LogP) is 4.02. The quantitative estimate of drug-likeness (QED) is 0.596. The van der Waals surface area contributed by atoms with Gasteiger partial charge in [-0.3, -0.25) is 0 Å². The van der Waals surface area contributed by atoms with Gasteiger partial charge in [-0.1, -0.05) is 0 Å². The Balaban J connectivity index is 1.32. The van der Waals surface area contributed by atoms with Gasteiger partial charge < -0.3 is 19.7 Å². The minimum absolute atomic E-state index is 0.154. The summed E-state index contributed by atoms with van der Waals surface area (Å²) in [6.07, 6.45) is 5.95. The van der Waals surface area contributed by atoms with Crippen molar-refractivity contribution in [3.05, 3.63) is 42.4 Å². The average molecular weight is 475 g/mol. The number of piperidine rings is 2. The highest BCUT2D eigenvalue weighted by molar-refractivity contribution is 5.85. The van der Waals surface area contributed by atoms with Gasteiger partial charge in [0.2, 0.25) is 0 Å². The van der Waals surface area contributed by atoms with Crippen LogP contribution in [0.5, 0.6) is 5.75 Å². The van der Waals surface area contributed by atoms with Crippen molar-refractivity contribution in [1.29, 1.82) is 5.26 Å². The van der Waals surface area contributed by atoms with Crippen LogP contribution < -0.4 is 15.0 Å². The number of fused-ring (bicyclic) bond motifs is 3. The molecule has 9 heteroatoms. The second kappa shape index (κ2) is 8.77. The number of pyridine rings is 2. The Labute approximate surface area is 204 Å². The summed E-state index contributed by atoms with van der Waals surface area (Å²) in [6, 6.07) is 8.35. The molecule has 1 aliphatic carbocycles. The van der Waals surface area contributed by atoms with E-state index < -0.39 is 5.60 Å². The molecule has 3 aromatic rings. The number of rotatable bonds is 5. The van der Waals surface area contributed by atoms with Crippen LogP contribution in [-0.4, -0.2) is 52.0 Å². The minimum atomic E-state index is -0.501. The van der Waals surface area contributed by atoms with E-state index in [0.717, 1.165) is 42.0 Å². The molecule has 2 aliphatic heterocycles. The summed E-state index contributed by atoms with van der Waals surface area (Å²) in [5, 5.41) is 16.9. The monoisotopic (exact) mass is 474 g/mol. The van der Waals surface area contributed by atoms with Crippen LogP contribution in [0.4, 0.5) is 10.6 Å². The molecule has 2 saturated heterocycles. The van der Waals surface area contributed by atoms with Crippen molar-refractivity contribution in [2.45, 2.75) is 45.8 Å². The molecule has 5 heterocycles. The summed E-state index contributed by atoms with van der Waals surface area (Å²) in [5.41, 5.74) is 2.49. The molecule has 2 unspecified atom stereocenters. The zero-order chi connectivity index (χ0) is 24.7. The Morgan fingerprint density at radius 1 is 1.26 bits per heavy atom. The fourth-order valence-electron chi connectivity index (χ4n) is 5.13. The van der Waals surface area contributed by atoms with Gasteiger partial charge >= 0.3 is 6.09 Å². The number of anilines is 1. The molecule has 3 fully saturated rings. The fourth-order valence-corrected chi connectivity index (χ4v) is 5.13. The molecule has 1 N–H and O–H groups in total. The lowest BCUT2D eigenvalue weighted by atomic mass is 9.66. The first-order chi connectivity index (χ1) is 16.8. The Morgan fingerprint density at radius 3 is 2.66 bits per heavy atom. The second-order valence-electron chi connectivity index (χ2n) is 10.2. The van der Waals surface area contributed by atoms with Crippen LogP contribution in [0.3, 0.4) is 0 Å². The first-order valence-corrected chi connectivity index (χ1v) is 12.0. The van der Waals surface area contributed by atoms with E-state index in [0.29, 0.717) is 29.8 Å². The molecule has 1 saturated carbocycles. The molecule has 2 bridgehead atoms. The highest BCUT2D eigenvalue weighted by Crippen LogP contribution is 2.41. The number of amides is 1. The number of ether oxygens (including phenoxy) is 2. The Kier molecular flexibility index (Phi) is 5.75. The summed E-state index contributed by atoms with van der Waals surface area (Å²) in [6.45, 7) is 9.77. The fraction of sp³-hybridized carbons (Fsp3) is 0.462. The van der Waals surface area contributed by atoms with E-state index in [-0.39, 0.29) is 12.1 Å². The number of nitrogens with zero attached hydrogens (tertiary/aromatic N) is 5. The molecule has 182 valence electrons. The van der Waals surface area contributed by atoms with Crippen molar-refractivity contribution in [2.75, 3.05) is 24.6 Å². The van der Waals surface area contributed by atoms with Gasteiger partial charge in [0.05, 0.1) is 30.1 Å². The molecule has 2 atom stereocenters. The van der Waals surface area contributed by atoms with Gasteiger partial charge in [-0.25, -0.2) is 14.3 Å². The zero-order valence-electron chi connectivity index (χ0n) is 20.5. The molecule has 0 aromatic carbocycles. The van der Waals surface area contributed by atoms with Gasteiger partial charge in [0, 0.05) is 36.5 Å². The van der Waals surface area contributed by atoms with Crippen molar-refractivity contribution in [1.82, 2.24) is 19.9 Å². The lowest BCUT2D eigenvalue weighted by molar-refractivity contribution is 0.0283. The number of hydrogen-bond acceptors (Lipinski definition) is 7. The van der Waals surface area contributed by atoms with E-state index >= 15 is 0 Å². The lowest BCUT2D eigenvalue weighted by Crippen LogP contribution is -2.65. The number of carbonyl (C=O) groups excluding carboxylic acids is 1. The van der Waals surface area contributed by atoms with Crippen molar-refractivity contribution >= 4 is 17.4 Å². The van der Waals surface area contributed by atoms with E-state index in [1.54, 1.807) is 16.9 Å². The summed E-state index contributed by atoms with van der Waals surface area (Å²) < 4.78 is 12.8. The van der Waals surface area contributed by atoms with Crippen LogP contribution in [0.15, 0.2) is 36.8 Å². The normalized spacial score (nSPS) is 21.2. The average Bonchev–Trinajstić information content (AvgIpc) is 3.24. The van der Waals surface area contributed by atoms with Crippen LogP contribution in [0.25, 0.3) is 16.6 Å². The highest BCUT2D eigenvalue weighted by Gasteiger charge is 2.48. The van der Waals surface area contributed by atoms with Gasteiger partial charge in [0.15, 0.2) is 0 Å². The third-order valence-corrected chi connectivity index (χ3v) is 6.62. The van der Waals surface area contributed by atoms with E-state index in [1.807, 2.05) is 52.1 Å². The highest BCUT2D eigenvalue weighted by atomic mass is 16.6. The van der Waals surface area contributed by atoms with Crippen molar-refractivity contribution in [3.8, 4) is 22.9 Å². The smallest absolute Gasteiger partial charge is 0.407 e. The summed E-state index contributed by atoms with van der Waals surface area (Å²) >= 11 is 0. The van der Waals surface area contributed by atoms with E-state index in [4.69, 9.17) is 14.5 Å². The maximum absolute atomic E-state index is 12.2. The minimum Gasteiger partial charge on any atom is -0.492 e. The van der Waals surface area contributed by atoms with E-state index in [9.17, 15) is 10.1 Å². The molecule has 9 nitrogen and oxygen atoms in total. The first kappa shape index (κ1) is 23.0. The SMILES string of the molecule is CCOc1cc(-c2ccc(N3CC4CC(C3)C4NC(=O)OC(C)(C)C)nc2)c2c(C#N)cnn2c1. The topological polar surface area (TPSA) is 105 Å².